The number of hydrogen-bond donors (Lipinski definition) is 2. The Morgan fingerprint density at radius 2 is 2.12 bits per heavy atom. The predicted octanol–water partition coefficient (Wildman–Crippen LogP) is 2.17. The average molecular weight is 348 g/mol. The number of hydrogen-bond acceptors (Lipinski definition) is 5. The molecule has 2 saturated carbocycles. The lowest BCUT2D eigenvalue weighted by molar-refractivity contribution is -0.160. The molecule has 5 heteroatoms. The van der Waals surface area contributed by atoms with E-state index >= 15 is 0 Å². The Kier molecular flexibility index (Phi) is 4.67. The summed E-state index contributed by atoms with van der Waals surface area (Å²) in [4.78, 5) is 24.8. The molecule has 0 bridgehead atoms. The lowest BCUT2D eigenvalue weighted by Gasteiger charge is -2.59. The summed E-state index contributed by atoms with van der Waals surface area (Å²) in [7, 11) is 0. The summed E-state index contributed by atoms with van der Waals surface area (Å²) in [5.41, 5.74) is 0.376. The topological polar surface area (TPSA) is 83.8 Å². The Morgan fingerprint density at radius 1 is 1.40 bits per heavy atom. The minimum absolute atomic E-state index is 0.000945. The first-order valence-corrected chi connectivity index (χ1v) is 9.09. The summed E-state index contributed by atoms with van der Waals surface area (Å²) in [5.74, 6) is -0.716. The quantitative estimate of drug-likeness (QED) is 0.601. The molecule has 2 N–H and O–H groups in total. The highest BCUT2D eigenvalue weighted by molar-refractivity contribution is 5.98. The van der Waals surface area contributed by atoms with Crippen LogP contribution in [0, 0.1) is 22.7 Å². The fraction of sp³-hybridized carbons (Fsp3) is 0.700. The molecule has 0 aromatic carbocycles. The third-order valence-electron chi connectivity index (χ3n) is 6.97. The van der Waals surface area contributed by atoms with Crippen molar-refractivity contribution < 1.29 is 24.5 Å². The van der Waals surface area contributed by atoms with Gasteiger partial charge in [-0.3, -0.25) is 4.79 Å². The highest BCUT2D eigenvalue weighted by atomic mass is 16.5. The van der Waals surface area contributed by atoms with Crippen LogP contribution in [0.1, 0.15) is 46.0 Å². The number of Topliss-reactive ketones (excluding diaryl/α,β-unsaturated/α-hetero) is 1. The van der Waals surface area contributed by atoms with E-state index in [0.717, 1.165) is 12.0 Å². The van der Waals surface area contributed by atoms with E-state index in [1.165, 1.54) is 0 Å². The molecular weight excluding hydrogens is 320 g/mol. The maximum Gasteiger partial charge on any atom is 0.334 e. The van der Waals surface area contributed by atoms with Crippen LogP contribution in [0.25, 0.3) is 0 Å². The number of carbonyl (C=O) groups excluding carboxylic acids is 2. The molecule has 0 aromatic heterocycles. The van der Waals surface area contributed by atoms with Gasteiger partial charge in [0, 0.05) is 23.3 Å². The number of ketones is 1. The highest BCUT2D eigenvalue weighted by Gasteiger charge is 2.59. The molecule has 3 rings (SSSR count). The average Bonchev–Trinajstić information content (AvgIpc) is 2.96. The van der Waals surface area contributed by atoms with Gasteiger partial charge in [-0.05, 0) is 43.1 Å². The lowest BCUT2D eigenvalue weighted by atomic mass is 9.46. The number of aliphatic hydroxyl groups excluding tert-OH is 2. The highest BCUT2D eigenvalue weighted by Crippen LogP contribution is 2.61. The van der Waals surface area contributed by atoms with Crippen LogP contribution in [0.3, 0.4) is 0 Å². The summed E-state index contributed by atoms with van der Waals surface area (Å²) in [6, 6.07) is 0. The second-order valence-corrected chi connectivity index (χ2v) is 8.38. The van der Waals surface area contributed by atoms with Gasteiger partial charge in [-0.25, -0.2) is 4.79 Å². The molecule has 25 heavy (non-hydrogen) atoms. The van der Waals surface area contributed by atoms with Crippen molar-refractivity contribution in [1.82, 2.24) is 0 Å². The number of ether oxygens (including phenoxy) is 1. The lowest BCUT2D eigenvalue weighted by Crippen LogP contribution is -2.58. The molecule has 5 nitrogen and oxygen atoms in total. The van der Waals surface area contributed by atoms with Crippen molar-refractivity contribution in [3.63, 3.8) is 0 Å². The van der Waals surface area contributed by atoms with E-state index < -0.39 is 17.5 Å². The SMILES string of the molecule is C=C1CC[C@H]2[C@@](C)(CC[C@@H](O)[C@@]2(C)CO)[C@@H]1C(=O)CC1=CCOC1=O. The van der Waals surface area contributed by atoms with Crippen LogP contribution in [0.5, 0.6) is 0 Å². The van der Waals surface area contributed by atoms with Crippen molar-refractivity contribution in [3.05, 3.63) is 23.8 Å². The largest absolute Gasteiger partial charge is 0.458 e. The zero-order valence-corrected chi connectivity index (χ0v) is 15.1. The van der Waals surface area contributed by atoms with Crippen LogP contribution in [-0.2, 0) is 14.3 Å². The summed E-state index contributed by atoms with van der Waals surface area (Å²) < 4.78 is 4.90. The normalized spacial score (nSPS) is 41.1. The molecule has 0 saturated heterocycles. The monoisotopic (exact) mass is 348 g/mol. The summed E-state index contributed by atoms with van der Waals surface area (Å²) in [6.07, 6.45) is 3.99. The molecule has 3 aliphatic rings. The Bertz CT molecular complexity index is 636. The van der Waals surface area contributed by atoms with Crippen molar-refractivity contribution in [3.8, 4) is 0 Å². The number of esters is 1. The van der Waals surface area contributed by atoms with Crippen LogP contribution in [0.2, 0.25) is 0 Å². The van der Waals surface area contributed by atoms with Gasteiger partial charge in [0.05, 0.1) is 12.7 Å². The van der Waals surface area contributed by atoms with Gasteiger partial charge in [0.25, 0.3) is 0 Å². The van der Waals surface area contributed by atoms with E-state index in [1.54, 1.807) is 6.08 Å². The molecule has 0 unspecified atom stereocenters. The molecule has 0 aromatic rings. The van der Waals surface area contributed by atoms with E-state index in [9.17, 15) is 19.8 Å². The van der Waals surface area contributed by atoms with E-state index in [4.69, 9.17) is 4.74 Å². The number of aliphatic hydroxyl groups is 2. The van der Waals surface area contributed by atoms with Crippen molar-refractivity contribution in [2.45, 2.75) is 52.1 Å². The maximum atomic E-state index is 13.1. The number of allylic oxidation sites excluding steroid dienone is 1. The number of rotatable bonds is 4. The van der Waals surface area contributed by atoms with Crippen LogP contribution in [-0.4, -0.2) is 41.3 Å². The standard InChI is InChI=1S/C20H28O5/c1-12-4-5-15-19(2,8-6-16(23)20(15,3)11-21)17(12)14(22)10-13-7-9-25-18(13)24/h7,15-17,21,23H,1,4-6,8-11H2,2-3H3/t15-,16+,17-,19+,20-/m0/s1. The zero-order chi connectivity index (χ0) is 18.4. The van der Waals surface area contributed by atoms with Gasteiger partial charge in [0.15, 0.2) is 0 Å². The molecule has 2 fully saturated rings. The summed E-state index contributed by atoms with van der Waals surface area (Å²) in [5, 5.41) is 20.5. The third-order valence-corrected chi connectivity index (χ3v) is 6.97. The summed E-state index contributed by atoms with van der Waals surface area (Å²) >= 11 is 0. The first-order valence-electron chi connectivity index (χ1n) is 9.09. The Labute approximate surface area is 148 Å². The van der Waals surface area contributed by atoms with Gasteiger partial charge < -0.3 is 14.9 Å². The number of carbonyl (C=O) groups is 2. The molecule has 2 aliphatic carbocycles. The predicted molar refractivity (Wildman–Crippen MR) is 92.6 cm³/mol. The Morgan fingerprint density at radius 3 is 2.72 bits per heavy atom. The first kappa shape index (κ1) is 18.3. The fourth-order valence-corrected chi connectivity index (χ4v) is 5.52. The van der Waals surface area contributed by atoms with Gasteiger partial charge in [-0.1, -0.05) is 26.0 Å². The van der Waals surface area contributed by atoms with Crippen LogP contribution >= 0.6 is 0 Å². The van der Waals surface area contributed by atoms with Gasteiger partial charge in [-0.15, -0.1) is 0 Å². The van der Waals surface area contributed by atoms with E-state index in [0.29, 0.717) is 24.8 Å². The molecule has 0 amide bonds. The third kappa shape index (κ3) is 2.77. The Balaban J connectivity index is 1.91. The Hall–Kier alpha value is -1.46. The van der Waals surface area contributed by atoms with Crippen LogP contribution in [0.4, 0.5) is 0 Å². The molecule has 5 atom stereocenters. The molecule has 0 radical (unpaired) electrons. The van der Waals surface area contributed by atoms with Gasteiger partial charge in [-0.2, -0.15) is 0 Å². The van der Waals surface area contributed by atoms with Gasteiger partial charge in [0.1, 0.15) is 12.4 Å². The minimum atomic E-state index is -0.613. The van der Waals surface area contributed by atoms with E-state index in [1.807, 2.05) is 6.92 Å². The molecular formula is C20H28O5. The first-order chi connectivity index (χ1) is 11.7. The fourth-order valence-electron chi connectivity index (χ4n) is 5.52. The van der Waals surface area contributed by atoms with Crippen molar-refractivity contribution in [2.24, 2.45) is 22.7 Å². The van der Waals surface area contributed by atoms with Gasteiger partial charge >= 0.3 is 5.97 Å². The molecule has 138 valence electrons. The minimum Gasteiger partial charge on any atom is -0.458 e. The second kappa shape index (κ2) is 6.36. The van der Waals surface area contributed by atoms with Crippen LogP contribution < -0.4 is 0 Å². The second-order valence-electron chi connectivity index (χ2n) is 8.38. The smallest absolute Gasteiger partial charge is 0.334 e. The molecule has 1 heterocycles. The van der Waals surface area contributed by atoms with Crippen molar-refractivity contribution in [2.75, 3.05) is 13.2 Å². The number of fused-ring (bicyclic) bond motifs is 1. The zero-order valence-electron chi connectivity index (χ0n) is 15.1. The molecule has 0 spiro atoms. The van der Waals surface area contributed by atoms with Crippen molar-refractivity contribution in [1.29, 1.82) is 0 Å². The van der Waals surface area contributed by atoms with Crippen molar-refractivity contribution >= 4 is 11.8 Å². The van der Waals surface area contributed by atoms with Crippen LogP contribution in [0.15, 0.2) is 23.8 Å². The van der Waals surface area contributed by atoms with Gasteiger partial charge in [0.2, 0.25) is 0 Å². The van der Waals surface area contributed by atoms with E-state index in [2.05, 4.69) is 13.5 Å². The summed E-state index contributed by atoms with van der Waals surface area (Å²) in [6.45, 7) is 8.31. The maximum absolute atomic E-state index is 13.1. The molecule has 1 aliphatic heterocycles. The van der Waals surface area contributed by atoms with E-state index in [-0.39, 0.29) is 42.7 Å². The number of cyclic esters (lactones) is 1.